The zero-order valence-electron chi connectivity index (χ0n) is 11.3. The summed E-state index contributed by atoms with van der Waals surface area (Å²) >= 11 is 0. The Labute approximate surface area is 128 Å². The molecule has 1 heterocycles. The summed E-state index contributed by atoms with van der Waals surface area (Å²) in [7, 11) is 1.53. The van der Waals surface area contributed by atoms with E-state index in [1.165, 1.54) is 4.90 Å². The van der Waals surface area contributed by atoms with Crippen molar-refractivity contribution in [2.24, 2.45) is 0 Å². The third-order valence-corrected chi connectivity index (χ3v) is 4.13. The summed E-state index contributed by atoms with van der Waals surface area (Å²) < 4.78 is 32.6. The number of hydrogen-bond donors (Lipinski definition) is 0. The number of benzene rings is 1. The maximum absolute atomic E-state index is 11.9. The molecule has 1 atom stereocenters. The predicted octanol–water partition coefficient (Wildman–Crippen LogP) is 1.59. The average molecular weight is 334 g/mol. The van der Waals surface area contributed by atoms with Crippen LogP contribution in [0.2, 0.25) is 0 Å². The fourth-order valence-electron chi connectivity index (χ4n) is 2.02. The van der Waals surface area contributed by atoms with Gasteiger partial charge in [0.25, 0.3) is 0 Å². The monoisotopic (exact) mass is 333 g/mol. The van der Waals surface area contributed by atoms with E-state index in [9.17, 15) is 13.2 Å². The molecule has 116 valence electrons. The molecule has 1 aliphatic heterocycles. The fraction of sp³-hybridized carbons (Fsp3) is 0.462. The van der Waals surface area contributed by atoms with Gasteiger partial charge in [-0.2, -0.15) is 0 Å². The summed E-state index contributed by atoms with van der Waals surface area (Å²) in [4.78, 5) is 13.4. The number of morpholine rings is 1. The third kappa shape index (κ3) is 5.53. The molecule has 0 aliphatic carbocycles. The average Bonchev–Trinajstić information content (AvgIpc) is 2.44. The molecular weight excluding hydrogens is 318 g/mol. The lowest BCUT2D eigenvalue weighted by Gasteiger charge is -2.31. The Balaban J connectivity index is 1.84. The van der Waals surface area contributed by atoms with E-state index in [2.05, 4.69) is 0 Å². The second-order valence-corrected chi connectivity index (χ2v) is 7.51. The first-order valence-corrected chi connectivity index (χ1v) is 8.91. The molecule has 6 nitrogen and oxygen atoms in total. The van der Waals surface area contributed by atoms with E-state index in [0.717, 1.165) is 5.56 Å². The van der Waals surface area contributed by atoms with Crippen LogP contribution in [-0.4, -0.2) is 51.0 Å². The zero-order chi connectivity index (χ0) is 15.3. The van der Waals surface area contributed by atoms with Gasteiger partial charge in [-0.15, -0.1) is 0 Å². The molecule has 2 rings (SSSR count). The summed E-state index contributed by atoms with van der Waals surface area (Å²) in [6, 6.07) is 9.31. The van der Waals surface area contributed by atoms with Gasteiger partial charge >= 0.3 is 6.09 Å². The first-order valence-electron chi connectivity index (χ1n) is 6.43. The standard InChI is InChI=1S/C13H16ClNO5S/c14-21(17,18)10-12-8-15(6-7-19-12)13(16)20-9-11-4-2-1-3-5-11/h1-5,12H,6-10H2. The Kier molecular flexibility index (Phi) is 5.44. The molecule has 1 aromatic rings. The number of halogens is 1. The van der Waals surface area contributed by atoms with Crippen molar-refractivity contribution in [1.29, 1.82) is 0 Å². The number of amides is 1. The molecular formula is C13H16ClNO5S. The van der Waals surface area contributed by atoms with Gasteiger partial charge in [-0.3, -0.25) is 0 Å². The van der Waals surface area contributed by atoms with Crippen molar-refractivity contribution < 1.29 is 22.7 Å². The Morgan fingerprint density at radius 1 is 1.38 bits per heavy atom. The van der Waals surface area contributed by atoms with Crippen LogP contribution < -0.4 is 0 Å². The normalized spacial score (nSPS) is 19.3. The summed E-state index contributed by atoms with van der Waals surface area (Å²) in [5.41, 5.74) is 0.888. The number of ether oxygens (including phenoxy) is 2. The molecule has 1 fully saturated rings. The van der Waals surface area contributed by atoms with Crippen molar-refractivity contribution in [3.8, 4) is 0 Å². The summed E-state index contributed by atoms with van der Waals surface area (Å²) in [6.07, 6.45) is -1.11. The molecule has 0 saturated carbocycles. The Morgan fingerprint density at radius 3 is 2.76 bits per heavy atom. The van der Waals surface area contributed by atoms with E-state index in [1.807, 2.05) is 30.3 Å². The summed E-state index contributed by atoms with van der Waals surface area (Å²) in [5.74, 6) is -0.322. The van der Waals surface area contributed by atoms with E-state index in [0.29, 0.717) is 6.54 Å². The molecule has 8 heteroatoms. The second-order valence-electron chi connectivity index (χ2n) is 4.68. The van der Waals surface area contributed by atoms with Gasteiger partial charge in [0.15, 0.2) is 0 Å². The van der Waals surface area contributed by atoms with E-state index >= 15 is 0 Å². The minimum absolute atomic E-state index is 0.152. The van der Waals surface area contributed by atoms with Crippen LogP contribution in [0.15, 0.2) is 30.3 Å². The van der Waals surface area contributed by atoms with Crippen LogP contribution in [0.1, 0.15) is 5.56 Å². The SMILES string of the molecule is O=C(OCc1ccccc1)N1CCOC(CS(=O)(=O)Cl)C1. The molecule has 0 radical (unpaired) electrons. The number of hydrogen-bond acceptors (Lipinski definition) is 5. The first-order chi connectivity index (χ1) is 9.94. The minimum Gasteiger partial charge on any atom is -0.445 e. The highest BCUT2D eigenvalue weighted by atomic mass is 35.7. The van der Waals surface area contributed by atoms with Gasteiger partial charge in [-0.05, 0) is 5.56 Å². The van der Waals surface area contributed by atoms with E-state index in [-0.39, 0.29) is 25.5 Å². The van der Waals surface area contributed by atoms with Crippen LogP contribution in [0.4, 0.5) is 4.79 Å². The molecule has 1 aliphatic rings. The van der Waals surface area contributed by atoms with Gasteiger partial charge in [-0.1, -0.05) is 30.3 Å². The van der Waals surface area contributed by atoms with Crippen molar-refractivity contribution in [2.75, 3.05) is 25.4 Å². The molecule has 1 unspecified atom stereocenters. The maximum Gasteiger partial charge on any atom is 0.410 e. The topological polar surface area (TPSA) is 72.9 Å². The minimum atomic E-state index is -3.66. The Bertz CT molecular complexity index is 577. The van der Waals surface area contributed by atoms with E-state index < -0.39 is 21.2 Å². The maximum atomic E-state index is 11.9. The smallest absolute Gasteiger partial charge is 0.410 e. The highest BCUT2D eigenvalue weighted by Gasteiger charge is 2.28. The van der Waals surface area contributed by atoms with E-state index in [4.69, 9.17) is 20.2 Å². The number of carbonyl (C=O) groups is 1. The highest BCUT2D eigenvalue weighted by molar-refractivity contribution is 8.13. The zero-order valence-corrected chi connectivity index (χ0v) is 12.8. The van der Waals surface area contributed by atoms with Crippen LogP contribution >= 0.6 is 10.7 Å². The molecule has 1 saturated heterocycles. The van der Waals surface area contributed by atoms with Gasteiger partial charge in [0.2, 0.25) is 9.05 Å². The summed E-state index contributed by atoms with van der Waals surface area (Å²) in [6.45, 7) is 0.957. The lowest BCUT2D eigenvalue weighted by molar-refractivity contribution is -0.0176. The molecule has 1 aromatic carbocycles. The van der Waals surface area contributed by atoms with Crippen LogP contribution in [0, 0.1) is 0 Å². The molecule has 1 amide bonds. The van der Waals surface area contributed by atoms with E-state index in [1.54, 1.807) is 0 Å². The van der Waals surface area contributed by atoms with Crippen LogP contribution in [0.3, 0.4) is 0 Å². The molecule has 21 heavy (non-hydrogen) atoms. The Hall–Kier alpha value is -1.31. The van der Waals surface area contributed by atoms with Gasteiger partial charge < -0.3 is 14.4 Å². The Morgan fingerprint density at radius 2 is 2.10 bits per heavy atom. The van der Waals surface area contributed by atoms with Crippen molar-refractivity contribution in [3.05, 3.63) is 35.9 Å². The largest absolute Gasteiger partial charge is 0.445 e. The van der Waals surface area contributed by atoms with Crippen molar-refractivity contribution in [1.82, 2.24) is 4.90 Å². The lowest BCUT2D eigenvalue weighted by atomic mass is 10.2. The van der Waals surface area contributed by atoms with Crippen LogP contribution in [-0.2, 0) is 25.1 Å². The fourth-order valence-corrected chi connectivity index (χ4v) is 3.09. The molecule has 0 aromatic heterocycles. The predicted molar refractivity (Wildman–Crippen MR) is 77.6 cm³/mol. The molecule has 0 N–H and O–H groups in total. The first kappa shape index (κ1) is 16.1. The molecule has 0 bridgehead atoms. The van der Waals surface area contributed by atoms with Crippen LogP contribution in [0.5, 0.6) is 0 Å². The third-order valence-electron chi connectivity index (χ3n) is 2.99. The number of rotatable bonds is 4. The lowest BCUT2D eigenvalue weighted by Crippen LogP contribution is -2.47. The van der Waals surface area contributed by atoms with Gasteiger partial charge in [0, 0.05) is 17.2 Å². The van der Waals surface area contributed by atoms with Gasteiger partial charge in [0.1, 0.15) is 6.61 Å². The summed E-state index contributed by atoms with van der Waals surface area (Å²) in [5, 5.41) is 0. The van der Waals surface area contributed by atoms with Crippen molar-refractivity contribution >= 4 is 25.8 Å². The van der Waals surface area contributed by atoms with Crippen molar-refractivity contribution in [3.63, 3.8) is 0 Å². The second kappa shape index (κ2) is 7.11. The van der Waals surface area contributed by atoms with Gasteiger partial charge in [0.05, 0.1) is 25.0 Å². The number of nitrogens with zero attached hydrogens (tertiary/aromatic N) is 1. The van der Waals surface area contributed by atoms with Gasteiger partial charge in [-0.25, -0.2) is 13.2 Å². The molecule has 0 spiro atoms. The number of carbonyl (C=O) groups excluding carboxylic acids is 1. The quantitative estimate of drug-likeness (QED) is 0.782. The highest BCUT2D eigenvalue weighted by Crippen LogP contribution is 2.12. The van der Waals surface area contributed by atoms with Crippen LogP contribution in [0.25, 0.3) is 0 Å². The van der Waals surface area contributed by atoms with Crippen molar-refractivity contribution in [2.45, 2.75) is 12.7 Å².